The second kappa shape index (κ2) is 7.28. The third-order valence-electron chi connectivity index (χ3n) is 5.18. The lowest BCUT2D eigenvalue weighted by molar-refractivity contribution is -0.0746. The molecule has 1 amide bonds. The van der Waals surface area contributed by atoms with Crippen LogP contribution < -0.4 is 5.43 Å². The highest BCUT2D eigenvalue weighted by molar-refractivity contribution is 5.88. The molecule has 2 aliphatic heterocycles. The summed E-state index contributed by atoms with van der Waals surface area (Å²) in [7, 11) is 0. The highest BCUT2D eigenvalue weighted by Gasteiger charge is 2.59. The number of ether oxygens (including phenoxy) is 2. The number of benzene rings is 1. The van der Waals surface area contributed by atoms with Crippen LogP contribution in [0.25, 0.3) is 0 Å². The van der Waals surface area contributed by atoms with Crippen LogP contribution in [0.1, 0.15) is 38.1 Å². The maximum absolute atomic E-state index is 12.4. The van der Waals surface area contributed by atoms with Gasteiger partial charge in [0.05, 0.1) is 5.69 Å². The lowest BCUT2D eigenvalue weighted by atomic mass is 9.72. The standard InChI is InChI=1S/C22H25N3O5/c1-21(2,3)30-20(28)24-13-22(14-24)18(27)17-11-16(26)9-10-25(17)23-19(22)29-12-15-7-5-4-6-8-15/h4-11,18,27H,12-14H2,1-3H3. The zero-order chi connectivity index (χ0) is 21.5. The van der Waals surface area contributed by atoms with Crippen molar-refractivity contribution in [2.75, 3.05) is 13.1 Å². The van der Waals surface area contributed by atoms with E-state index in [0.29, 0.717) is 11.6 Å². The predicted octanol–water partition coefficient (Wildman–Crippen LogP) is 2.51. The fourth-order valence-corrected chi connectivity index (χ4v) is 3.68. The largest absolute Gasteiger partial charge is 0.474 e. The van der Waals surface area contributed by atoms with Crippen molar-refractivity contribution in [3.8, 4) is 0 Å². The first kappa shape index (κ1) is 20.2. The lowest BCUT2D eigenvalue weighted by Crippen LogP contribution is -2.66. The van der Waals surface area contributed by atoms with Gasteiger partial charge < -0.3 is 19.5 Å². The Hall–Kier alpha value is -3.13. The fourth-order valence-electron chi connectivity index (χ4n) is 3.68. The number of rotatable bonds is 2. The molecule has 1 saturated heterocycles. The third kappa shape index (κ3) is 3.70. The van der Waals surface area contributed by atoms with Gasteiger partial charge >= 0.3 is 6.09 Å². The summed E-state index contributed by atoms with van der Waals surface area (Å²) in [6.45, 7) is 6.03. The Labute approximate surface area is 174 Å². The maximum Gasteiger partial charge on any atom is 0.410 e. The van der Waals surface area contributed by atoms with Crippen molar-refractivity contribution in [2.45, 2.75) is 39.1 Å². The molecule has 1 unspecified atom stereocenters. The van der Waals surface area contributed by atoms with Gasteiger partial charge in [-0.1, -0.05) is 30.3 Å². The van der Waals surface area contributed by atoms with Crippen LogP contribution in [0.4, 0.5) is 4.79 Å². The Morgan fingerprint density at radius 2 is 1.93 bits per heavy atom. The number of aliphatic hydroxyl groups is 1. The van der Waals surface area contributed by atoms with Gasteiger partial charge in [-0.25, -0.2) is 9.47 Å². The Morgan fingerprint density at radius 3 is 2.60 bits per heavy atom. The SMILES string of the molecule is CC(C)(C)OC(=O)N1CC2(C1)C(OCc1ccccc1)=Nn1ccc(=O)cc1C2O. The van der Waals surface area contributed by atoms with E-state index in [0.717, 1.165) is 5.56 Å². The minimum absolute atomic E-state index is 0.180. The third-order valence-corrected chi connectivity index (χ3v) is 5.18. The summed E-state index contributed by atoms with van der Waals surface area (Å²) in [5.74, 6) is 0.329. The number of likely N-dealkylation sites (tertiary alicyclic amines) is 1. The first-order chi connectivity index (χ1) is 14.2. The molecule has 8 heteroatoms. The van der Waals surface area contributed by atoms with Crippen LogP contribution in [0.5, 0.6) is 0 Å². The summed E-state index contributed by atoms with van der Waals surface area (Å²) >= 11 is 0. The molecule has 4 rings (SSSR count). The maximum atomic E-state index is 12.4. The van der Waals surface area contributed by atoms with Crippen molar-refractivity contribution in [1.29, 1.82) is 0 Å². The molecule has 0 aliphatic carbocycles. The van der Waals surface area contributed by atoms with Gasteiger partial charge in [-0.15, -0.1) is 5.10 Å². The second-order valence-electron chi connectivity index (χ2n) is 8.71. The highest BCUT2D eigenvalue weighted by Crippen LogP contribution is 2.46. The number of fused-ring (bicyclic) bond motifs is 1. The van der Waals surface area contributed by atoms with Gasteiger partial charge in [-0.05, 0) is 26.3 Å². The molecule has 2 aromatic rings. The molecule has 0 radical (unpaired) electrons. The topological polar surface area (TPSA) is 93.4 Å². The quantitative estimate of drug-likeness (QED) is 0.820. The summed E-state index contributed by atoms with van der Waals surface area (Å²) in [4.78, 5) is 25.8. The van der Waals surface area contributed by atoms with Crippen molar-refractivity contribution in [1.82, 2.24) is 9.58 Å². The average molecular weight is 411 g/mol. The van der Waals surface area contributed by atoms with Crippen LogP contribution in [0, 0.1) is 5.41 Å². The van der Waals surface area contributed by atoms with Crippen molar-refractivity contribution in [3.63, 3.8) is 0 Å². The van der Waals surface area contributed by atoms with Crippen LogP contribution in [-0.4, -0.2) is 45.4 Å². The van der Waals surface area contributed by atoms with Gasteiger partial charge in [0.2, 0.25) is 5.90 Å². The molecule has 1 aromatic heterocycles. The summed E-state index contributed by atoms with van der Waals surface area (Å²) in [6.07, 6.45) is -0.00340. The van der Waals surface area contributed by atoms with E-state index in [2.05, 4.69) is 5.10 Å². The molecule has 158 valence electrons. The van der Waals surface area contributed by atoms with Crippen LogP contribution in [-0.2, 0) is 16.1 Å². The molecule has 1 N–H and O–H groups in total. The number of hydrogen-bond acceptors (Lipinski definition) is 6. The molecular formula is C22H25N3O5. The lowest BCUT2D eigenvalue weighted by Gasteiger charge is -2.52. The number of carbonyl (C=O) groups excluding carboxylic acids is 1. The molecule has 3 heterocycles. The van der Waals surface area contributed by atoms with Crippen LogP contribution in [0.2, 0.25) is 0 Å². The van der Waals surface area contributed by atoms with Gasteiger partial charge in [0.15, 0.2) is 5.43 Å². The monoisotopic (exact) mass is 411 g/mol. The first-order valence-corrected chi connectivity index (χ1v) is 9.83. The van der Waals surface area contributed by atoms with Crippen molar-refractivity contribution in [3.05, 3.63) is 70.1 Å². The van der Waals surface area contributed by atoms with E-state index in [1.807, 2.05) is 30.3 Å². The minimum atomic E-state index is -1.05. The molecular weight excluding hydrogens is 386 g/mol. The smallest absolute Gasteiger partial charge is 0.410 e. The fraction of sp³-hybridized carbons (Fsp3) is 0.409. The average Bonchev–Trinajstić information content (AvgIpc) is 2.65. The number of carbonyl (C=O) groups is 1. The van der Waals surface area contributed by atoms with E-state index >= 15 is 0 Å². The van der Waals surface area contributed by atoms with Gasteiger partial charge in [0.1, 0.15) is 23.7 Å². The Balaban J connectivity index is 1.62. The molecule has 30 heavy (non-hydrogen) atoms. The van der Waals surface area contributed by atoms with Crippen LogP contribution in [0.15, 0.2) is 58.6 Å². The summed E-state index contributed by atoms with van der Waals surface area (Å²) in [5, 5.41) is 15.7. The number of pyridine rings is 1. The number of nitrogens with zero attached hydrogens (tertiary/aromatic N) is 3. The number of amides is 1. The van der Waals surface area contributed by atoms with Crippen molar-refractivity contribution < 1.29 is 19.4 Å². The van der Waals surface area contributed by atoms with E-state index in [-0.39, 0.29) is 25.1 Å². The van der Waals surface area contributed by atoms with Crippen molar-refractivity contribution >= 4 is 12.0 Å². The van der Waals surface area contributed by atoms with Gasteiger partial charge in [-0.3, -0.25) is 4.79 Å². The van der Waals surface area contributed by atoms with Gasteiger partial charge in [0.25, 0.3) is 0 Å². The molecule has 0 saturated carbocycles. The van der Waals surface area contributed by atoms with E-state index in [9.17, 15) is 14.7 Å². The normalized spacial score (nSPS) is 19.5. The number of aromatic nitrogens is 1. The molecule has 0 bridgehead atoms. The van der Waals surface area contributed by atoms with Crippen LogP contribution >= 0.6 is 0 Å². The Bertz CT molecular complexity index is 1030. The summed E-state index contributed by atoms with van der Waals surface area (Å²) < 4.78 is 12.9. The molecule has 1 spiro atoms. The number of aliphatic hydroxyl groups excluding tert-OH is 1. The van der Waals surface area contributed by atoms with Gasteiger partial charge in [-0.2, -0.15) is 0 Å². The molecule has 1 aromatic carbocycles. The first-order valence-electron chi connectivity index (χ1n) is 9.83. The predicted molar refractivity (Wildman–Crippen MR) is 110 cm³/mol. The Kier molecular flexibility index (Phi) is 4.89. The number of hydrogen-bond donors (Lipinski definition) is 1. The zero-order valence-corrected chi connectivity index (χ0v) is 17.2. The van der Waals surface area contributed by atoms with E-state index in [1.54, 1.807) is 20.8 Å². The zero-order valence-electron chi connectivity index (χ0n) is 17.2. The van der Waals surface area contributed by atoms with E-state index in [4.69, 9.17) is 9.47 Å². The molecule has 2 aliphatic rings. The van der Waals surface area contributed by atoms with E-state index < -0.39 is 23.2 Å². The van der Waals surface area contributed by atoms with Gasteiger partial charge in [0, 0.05) is 31.4 Å². The molecule has 8 nitrogen and oxygen atoms in total. The summed E-state index contributed by atoms with van der Waals surface area (Å²) in [5.41, 5.74) is -0.439. The highest BCUT2D eigenvalue weighted by atomic mass is 16.6. The van der Waals surface area contributed by atoms with Crippen molar-refractivity contribution in [2.24, 2.45) is 10.5 Å². The Morgan fingerprint density at radius 1 is 1.23 bits per heavy atom. The minimum Gasteiger partial charge on any atom is -0.474 e. The summed E-state index contributed by atoms with van der Waals surface area (Å²) in [6, 6.07) is 12.4. The molecule has 1 fully saturated rings. The van der Waals surface area contributed by atoms with E-state index in [1.165, 1.54) is 27.9 Å². The molecule has 1 atom stereocenters. The van der Waals surface area contributed by atoms with Crippen LogP contribution in [0.3, 0.4) is 0 Å². The second-order valence-corrected chi connectivity index (χ2v) is 8.71.